The van der Waals surface area contributed by atoms with Gasteiger partial charge >= 0.3 is 5.97 Å². The highest BCUT2D eigenvalue weighted by Crippen LogP contribution is 2.38. The predicted octanol–water partition coefficient (Wildman–Crippen LogP) is 2.35. The van der Waals surface area contributed by atoms with Gasteiger partial charge in [0.05, 0.1) is 10.8 Å². The molecule has 1 amide bonds. The van der Waals surface area contributed by atoms with Gasteiger partial charge in [0.25, 0.3) is 11.6 Å². The molecule has 1 fully saturated rings. The topological polar surface area (TPSA) is 98.5 Å². The van der Waals surface area contributed by atoms with Crippen molar-refractivity contribution in [2.45, 2.75) is 27.2 Å². The number of ether oxygens (including phenoxy) is 1. The molecule has 0 heterocycles. The number of nitrogens with one attached hydrogen (secondary N) is 1. The van der Waals surface area contributed by atoms with E-state index in [0.29, 0.717) is 11.5 Å². The average Bonchev–Trinajstić information content (AvgIpc) is 3.18. The summed E-state index contributed by atoms with van der Waals surface area (Å²) < 4.78 is 4.92. The predicted molar refractivity (Wildman–Crippen MR) is 79.4 cm³/mol. The molecule has 1 aromatic carbocycles. The number of hydrogen-bond donors (Lipinski definition) is 1. The summed E-state index contributed by atoms with van der Waals surface area (Å²) in [5, 5.41) is 13.5. The summed E-state index contributed by atoms with van der Waals surface area (Å²) in [5.74, 6) is -0.796. The van der Waals surface area contributed by atoms with Crippen LogP contribution < -0.4 is 5.32 Å². The largest absolute Gasteiger partial charge is 0.455 e. The first-order chi connectivity index (χ1) is 10.3. The van der Waals surface area contributed by atoms with Crippen molar-refractivity contribution in [2.24, 2.45) is 11.8 Å². The average molecular weight is 306 g/mol. The molecule has 0 unspecified atom stereocenters. The van der Waals surface area contributed by atoms with Crippen molar-refractivity contribution in [3.05, 3.63) is 33.4 Å². The fourth-order valence-electron chi connectivity index (χ4n) is 2.18. The minimum Gasteiger partial charge on any atom is -0.455 e. The van der Waals surface area contributed by atoms with Crippen LogP contribution in [0.2, 0.25) is 0 Å². The van der Waals surface area contributed by atoms with Crippen LogP contribution in [0.25, 0.3) is 0 Å². The lowest BCUT2D eigenvalue weighted by Gasteiger charge is -2.11. The first kappa shape index (κ1) is 15.9. The van der Waals surface area contributed by atoms with E-state index in [1.54, 1.807) is 19.9 Å². The van der Waals surface area contributed by atoms with E-state index in [4.69, 9.17) is 4.74 Å². The molecular formula is C15H18N2O5. The zero-order chi connectivity index (χ0) is 16.4. The maximum absolute atomic E-state index is 11.9. The number of nitrogens with zero attached hydrogens (tertiary/aromatic N) is 1. The van der Waals surface area contributed by atoms with E-state index in [0.717, 1.165) is 12.0 Å². The zero-order valence-corrected chi connectivity index (χ0v) is 12.7. The molecule has 0 aromatic heterocycles. The second-order valence-electron chi connectivity index (χ2n) is 5.63. The summed E-state index contributed by atoms with van der Waals surface area (Å²) in [7, 11) is 0. The first-order valence-electron chi connectivity index (χ1n) is 7.02. The number of nitro benzene ring substituents is 1. The molecule has 22 heavy (non-hydrogen) atoms. The molecule has 1 aliphatic carbocycles. The second kappa shape index (κ2) is 6.13. The first-order valence-corrected chi connectivity index (χ1v) is 7.02. The van der Waals surface area contributed by atoms with Crippen molar-refractivity contribution >= 4 is 23.3 Å². The molecule has 7 nitrogen and oxygen atoms in total. The number of amides is 1. The lowest BCUT2D eigenvalue weighted by atomic mass is 10.1. The van der Waals surface area contributed by atoms with Crippen molar-refractivity contribution < 1.29 is 19.2 Å². The van der Waals surface area contributed by atoms with Gasteiger partial charge in [-0.2, -0.15) is 0 Å². The molecule has 1 N–H and O–H groups in total. The standard InChI is InChI=1S/C15H18N2O5/c1-8-4-5-12(17(20)21)14(10(8)3)16-13(18)7-22-15(19)11-6-9(11)2/h4-5,9,11H,6-7H2,1-3H3,(H,16,18)/t9-,11+/m0/s1. The van der Waals surface area contributed by atoms with Crippen LogP contribution >= 0.6 is 0 Å². The molecular weight excluding hydrogens is 288 g/mol. The third kappa shape index (κ3) is 3.41. The Hall–Kier alpha value is -2.44. The molecule has 0 bridgehead atoms. The van der Waals surface area contributed by atoms with E-state index < -0.39 is 23.4 Å². The molecule has 0 aliphatic heterocycles. The molecule has 1 aliphatic rings. The number of benzene rings is 1. The van der Waals surface area contributed by atoms with Crippen LogP contribution in [0.3, 0.4) is 0 Å². The maximum Gasteiger partial charge on any atom is 0.309 e. The highest BCUT2D eigenvalue weighted by atomic mass is 16.6. The summed E-state index contributed by atoms with van der Waals surface area (Å²) in [6, 6.07) is 2.97. The highest BCUT2D eigenvalue weighted by Gasteiger charge is 2.40. The SMILES string of the molecule is Cc1ccc([N+](=O)[O-])c(NC(=O)COC(=O)[C@@H]2C[C@@H]2C)c1C. The number of carbonyl (C=O) groups is 2. The summed E-state index contributed by atoms with van der Waals surface area (Å²) in [6.45, 7) is 4.98. The van der Waals surface area contributed by atoms with Crippen LogP contribution in [0.5, 0.6) is 0 Å². The van der Waals surface area contributed by atoms with Crippen LogP contribution in [-0.4, -0.2) is 23.4 Å². The molecule has 1 aromatic rings. The van der Waals surface area contributed by atoms with Gasteiger partial charge < -0.3 is 10.1 Å². The van der Waals surface area contributed by atoms with Gasteiger partial charge in [-0.05, 0) is 37.3 Å². The molecule has 1 saturated carbocycles. The van der Waals surface area contributed by atoms with Gasteiger partial charge in [0.2, 0.25) is 0 Å². The van der Waals surface area contributed by atoms with Crippen LogP contribution in [0.1, 0.15) is 24.5 Å². The Morgan fingerprint density at radius 1 is 1.41 bits per heavy atom. The number of esters is 1. The summed E-state index contributed by atoms with van der Waals surface area (Å²) >= 11 is 0. The van der Waals surface area contributed by atoms with Gasteiger partial charge in [0.1, 0.15) is 5.69 Å². The Labute approximate surface area is 127 Å². The minimum absolute atomic E-state index is 0.122. The number of aryl methyl sites for hydroxylation is 1. The Morgan fingerprint density at radius 3 is 2.59 bits per heavy atom. The monoisotopic (exact) mass is 306 g/mol. The molecule has 0 saturated heterocycles. The van der Waals surface area contributed by atoms with E-state index in [-0.39, 0.29) is 17.3 Å². The van der Waals surface area contributed by atoms with E-state index in [1.165, 1.54) is 6.07 Å². The van der Waals surface area contributed by atoms with Crippen molar-refractivity contribution in [1.29, 1.82) is 0 Å². The molecule has 7 heteroatoms. The smallest absolute Gasteiger partial charge is 0.309 e. The Bertz CT molecular complexity index is 641. The minimum atomic E-state index is -0.585. The van der Waals surface area contributed by atoms with Crippen LogP contribution in [0.15, 0.2) is 12.1 Å². The quantitative estimate of drug-likeness (QED) is 0.511. The van der Waals surface area contributed by atoms with E-state index in [2.05, 4.69) is 5.32 Å². The highest BCUT2D eigenvalue weighted by molar-refractivity contribution is 5.96. The fraction of sp³-hybridized carbons (Fsp3) is 0.467. The third-order valence-electron chi connectivity index (χ3n) is 3.93. The molecule has 0 spiro atoms. The number of hydrogen-bond acceptors (Lipinski definition) is 5. The molecule has 0 radical (unpaired) electrons. The summed E-state index contributed by atoms with van der Waals surface area (Å²) in [6.07, 6.45) is 0.781. The second-order valence-corrected chi connectivity index (χ2v) is 5.63. The molecule has 2 rings (SSSR count). The van der Waals surface area contributed by atoms with Gasteiger partial charge in [0, 0.05) is 6.07 Å². The van der Waals surface area contributed by atoms with Gasteiger partial charge in [0.15, 0.2) is 6.61 Å². The van der Waals surface area contributed by atoms with Crippen LogP contribution in [-0.2, 0) is 14.3 Å². The lowest BCUT2D eigenvalue weighted by Crippen LogP contribution is -2.22. The van der Waals surface area contributed by atoms with Crippen molar-refractivity contribution in [1.82, 2.24) is 0 Å². The maximum atomic E-state index is 11.9. The number of anilines is 1. The number of carbonyl (C=O) groups excluding carboxylic acids is 2. The van der Waals surface area contributed by atoms with Crippen LogP contribution in [0.4, 0.5) is 11.4 Å². The van der Waals surface area contributed by atoms with Crippen LogP contribution in [0, 0.1) is 35.8 Å². The van der Waals surface area contributed by atoms with Gasteiger partial charge in [-0.1, -0.05) is 13.0 Å². The van der Waals surface area contributed by atoms with Crippen molar-refractivity contribution in [3.63, 3.8) is 0 Å². The summed E-state index contributed by atoms with van der Waals surface area (Å²) in [5.41, 5.74) is 1.40. The lowest BCUT2D eigenvalue weighted by molar-refractivity contribution is -0.384. The summed E-state index contributed by atoms with van der Waals surface area (Å²) in [4.78, 5) is 33.9. The number of nitro groups is 1. The normalized spacial score (nSPS) is 19.4. The molecule has 2 atom stereocenters. The van der Waals surface area contributed by atoms with E-state index in [1.807, 2.05) is 6.92 Å². The van der Waals surface area contributed by atoms with E-state index in [9.17, 15) is 19.7 Å². The van der Waals surface area contributed by atoms with Crippen molar-refractivity contribution in [2.75, 3.05) is 11.9 Å². The number of rotatable bonds is 5. The zero-order valence-electron chi connectivity index (χ0n) is 12.7. The Balaban J connectivity index is 2.03. The van der Waals surface area contributed by atoms with Gasteiger partial charge in [-0.25, -0.2) is 0 Å². The van der Waals surface area contributed by atoms with E-state index >= 15 is 0 Å². The third-order valence-corrected chi connectivity index (χ3v) is 3.93. The Morgan fingerprint density at radius 2 is 2.05 bits per heavy atom. The van der Waals surface area contributed by atoms with Crippen molar-refractivity contribution in [3.8, 4) is 0 Å². The van der Waals surface area contributed by atoms with Gasteiger partial charge in [-0.15, -0.1) is 0 Å². The Kier molecular flexibility index (Phi) is 4.44. The fourth-order valence-corrected chi connectivity index (χ4v) is 2.18. The molecule has 118 valence electrons. The van der Waals surface area contributed by atoms with Gasteiger partial charge in [-0.3, -0.25) is 19.7 Å².